The van der Waals surface area contributed by atoms with Crippen molar-refractivity contribution in [1.29, 1.82) is 0 Å². The van der Waals surface area contributed by atoms with Gasteiger partial charge in [0.15, 0.2) is 11.6 Å². The number of aryl methyl sites for hydroxylation is 1. The van der Waals surface area contributed by atoms with Gasteiger partial charge in [-0.05, 0) is 43.7 Å². The molecule has 0 saturated carbocycles. The van der Waals surface area contributed by atoms with Gasteiger partial charge in [-0.25, -0.2) is 13.6 Å². The maximum absolute atomic E-state index is 13.4. The van der Waals surface area contributed by atoms with Gasteiger partial charge in [-0.1, -0.05) is 6.07 Å². The summed E-state index contributed by atoms with van der Waals surface area (Å²) in [5.74, 6) is -2.20. The van der Waals surface area contributed by atoms with Crippen LogP contribution in [0.5, 0.6) is 0 Å². The molecule has 0 unspecified atom stereocenters. The number of benzene rings is 1. The van der Waals surface area contributed by atoms with E-state index in [0.717, 1.165) is 27.2 Å². The van der Waals surface area contributed by atoms with Gasteiger partial charge in [-0.2, -0.15) is 0 Å². The molecule has 120 valence electrons. The van der Waals surface area contributed by atoms with Crippen molar-refractivity contribution in [2.75, 3.05) is 6.61 Å². The molecule has 0 N–H and O–H groups in total. The van der Waals surface area contributed by atoms with Crippen molar-refractivity contribution in [1.82, 2.24) is 4.57 Å². The lowest BCUT2D eigenvalue weighted by Gasteiger charge is -2.10. The summed E-state index contributed by atoms with van der Waals surface area (Å²) in [6.45, 7) is 4.27. The molecule has 0 spiro atoms. The van der Waals surface area contributed by atoms with Crippen molar-refractivity contribution >= 4 is 27.5 Å². The van der Waals surface area contributed by atoms with E-state index in [1.54, 1.807) is 28.9 Å². The first-order chi connectivity index (χ1) is 11.0. The Hall–Kier alpha value is -2.21. The van der Waals surface area contributed by atoms with Crippen LogP contribution in [-0.2, 0) is 11.3 Å². The molecule has 0 atom stereocenters. The Balaban J connectivity index is 2.07. The van der Waals surface area contributed by atoms with Crippen LogP contribution >= 0.6 is 11.3 Å². The van der Waals surface area contributed by atoms with E-state index in [0.29, 0.717) is 11.3 Å². The number of rotatable bonds is 4. The number of thiophene rings is 1. The van der Waals surface area contributed by atoms with Crippen molar-refractivity contribution in [3.05, 3.63) is 58.1 Å². The molecule has 0 saturated heterocycles. The maximum Gasteiger partial charge on any atom is 0.355 e. The smallest absolute Gasteiger partial charge is 0.355 e. The third-order valence-electron chi connectivity index (χ3n) is 3.52. The average molecular weight is 335 g/mol. The number of fused-ring (bicyclic) bond motifs is 1. The van der Waals surface area contributed by atoms with Crippen LogP contribution in [0.3, 0.4) is 0 Å². The van der Waals surface area contributed by atoms with Crippen molar-refractivity contribution in [3.8, 4) is 0 Å². The molecule has 23 heavy (non-hydrogen) atoms. The fraction of sp³-hybridized carbons (Fsp3) is 0.235. The Labute approximate surface area is 136 Å². The number of aromatic nitrogens is 1. The van der Waals surface area contributed by atoms with Gasteiger partial charge in [0.2, 0.25) is 0 Å². The molecule has 0 radical (unpaired) electrons. The summed E-state index contributed by atoms with van der Waals surface area (Å²) in [5.41, 5.74) is 1.88. The summed E-state index contributed by atoms with van der Waals surface area (Å²) in [6, 6.07) is 7.51. The third kappa shape index (κ3) is 2.99. The van der Waals surface area contributed by atoms with E-state index in [2.05, 4.69) is 0 Å². The van der Waals surface area contributed by atoms with Gasteiger partial charge < -0.3 is 9.30 Å². The van der Waals surface area contributed by atoms with Gasteiger partial charge in [0.25, 0.3) is 0 Å². The highest BCUT2D eigenvalue weighted by Gasteiger charge is 2.18. The number of carbonyl (C=O) groups excluding carboxylic acids is 1. The highest BCUT2D eigenvalue weighted by Crippen LogP contribution is 2.30. The summed E-state index contributed by atoms with van der Waals surface area (Å²) < 4.78 is 34.4. The first-order valence-corrected chi connectivity index (χ1v) is 8.02. The van der Waals surface area contributed by atoms with Gasteiger partial charge in [0, 0.05) is 11.4 Å². The second-order valence-corrected chi connectivity index (χ2v) is 6.48. The number of halogens is 2. The van der Waals surface area contributed by atoms with E-state index >= 15 is 0 Å². The molecular weight excluding hydrogens is 320 g/mol. The lowest BCUT2D eigenvalue weighted by molar-refractivity contribution is 0.0515. The normalized spacial score (nSPS) is 11.1. The summed E-state index contributed by atoms with van der Waals surface area (Å²) in [7, 11) is 0. The first kappa shape index (κ1) is 15.7. The van der Waals surface area contributed by atoms with Gasteiger partial charge in [0.1, 0.15) is 5.69 Å². The van der Waals surface area contributed by atoms with Gasteiger partial charge in [-0.3, -0.25) is 0 Å². The summed E-state index contributed by atoms with van der Waals surface area (Å²) in [6.07, 6.45) is 0. The molecule has 0 bridgehead atoms. The number of esters is 1. The lowest BCUT2D eigenvalue weighted by Crippen LogP contribution is -2.13. The fourth-order valence-corrected chi connectivity index (χ4v) is 3.49. The third-order valence-corrected chi connectivity index (χ3v) is 4.51. The molecule has 0 aliphatic heterocycles. The van der Waals surface area contributed by atoms with E-state index in [1.165, 1.54) is 6.07 Å². The predicted octanol–water partition coefficient (Wildman–Crippen LogP) is 4.51. The molecule has 0 aliphatic rings. The largest absolute Gasteiger partial charge is 0.461 e. The van der Waals surface area contributed by atoms with Gasteiger partial charge >= 0.3 is 5.97 Å². The average Bonchev–Trinajstić information content (AvgIpc) is 3.01. The number of hydrogen-bond donors (Lipinski definition) is 0. The van der Waals surface area contributed by atoms with E-state index in [-0.39, 0.29) is 13.2 Å². The number of ether oxygens (including phenoxy) is 1. The van der Waals surface area contributed by atoms with Crippen molar-refractivity contribution in [2.45, 2.75) is 20.4 Å². The van der Waals surface area contributed by atoms with Crippen molar-refractivity contribution < 1.29 is 18.3 Å². The second kappa shape index (κ2) is 6.12. The molecule has 2 aromatic heterocycles. The second-order valence-electron chi connectivity index (χ2n) is 5.19. The standard InChI is InChI=1S/C17H15F2NO2S/c1-3-22-17(21)15-8-16-14(6-10(2)23-16)20(15)9-11-4-5-12(18)13(19)7-11/h4-8H,3,9H2,1-2H3. The van der Waals surface area contributed by atoms with Crippen LogP contribution in [0, 0.1) is 18.6 Å². The van der Waals surface area contributed by atoms with E-state index in [4.69, 9.17) is 4.74 Å². The molecular formula is C17H15F2NO2S. The van der Waals surface area contributed by atoms with Crippen LogP contribution in [0.25, 0.3) is 10.2 Å². The zero-order valence-electron chi connectivity index (χ0n) is 12.7. The topological polar surface area (TPSA) is 31.2 Å². The zero-order chi connectivity index (χ0) is 16.6. The first-order valence-electron chi connectivity index (χ1n) is 7.20. The van der Waals surface area contributed by atoms with Gasteiger partial charge in [-0.15, -0.1) is 11.3 Å². The zero-order valence-corrected chi connectivity index (χ0v) is 13.5. The van der Waals surface area contributed by atoms with E-state index in [9.17, 15) is 13.6 Å². The van der Waals surface area contributed by atoms with Crippen LogP contribution in [0.15, 0.2) is 30.3 Å². The van der Waals surface area contributed by atoms with Crippen LogP contribution in [0.2, 0.25) is 0 Å². The molecule has 3 rings (SSSR count). The quantitative estimate of drug-likeness (QED) is 0.657. The molecule has 2 heterocycles. The fourth-order valence-electron chi connectivity index (χ4n) is 2.53. The van der Waals surface area contributed by atoms with Gasteiger partial charge in [0.05, 0.1) is 16.8 Å². The molecule has 3 aromatic rings. The molecule has 0 aliphatic carbocycles. The van der Waals surface area contributed by atoms with Crippen LogP contribution in [0.4, 0.5) is 8.78 Å². The Kier molecular flexibility index (Phi) is 4.17. The molecule has 6 heteroatoms. The number of carbonyl (C=O) groups is 1. The number of nitrogens with zero attached hydrogens (tertiary/aromatic N) is 1. The molecule has 1 aromatic carbocycles. The van der Waals surface area contributed by atoms with Crippen molar-refractivity contribution in [2.24, 2.45) is 0 Å². The summed E-state index contributed by atoms with van der Waals surface area (Å²) in [5, 5.41) is 0. The van der Waals surface area contributed by atoms with E-state index < -0.39 is 17.6 Å². The van der Waals surface area contributed by atoms with Crippen LogP contribution in [0.1, 0.15) is 27.9 Å². The lowest BCUT2D eigenvalue weighted by atomic mass is 10.2. The molecule has 0 fully saturated rings. The Morgan fingerprint density at radius 3 is 2.70 bits per heavy atom. The highest BCUT2D eigenvalue weighted by molar-refractivity contribution is 7.19. The number of hydrogen-bond acceptors (Lipinski definition) is 3. The van der Waals surface area contributed by atoms with Crippen molar-refractivity contribution in [3.63, 3.8) is 0 Å². The Bertz CT molecular complexity index is 882. The SMILES string of the molecule is CCOC(=O)c1cc2sc(C)cc2n1Cc1ccc(F)c(F)c1. The Morgan fingerprint density at radius 2 is 2.00 bits per heavy atom. The van der Waals surface area contributed by atoms with E-state index in [1.807, 2.05) is 13.0 Å². The minimum atomic E-state index is -0.898. The highest BCUT2D eigenvalue weighted by atomic mass is 32.1. The minimum Gasteiger partial charge on any atom is -0.461 e. The Morgan fingerprint density at radius 1 is 1.22 bits per heavy atom. The van der Waals surface area contributed by atoms with Crippen LogP contribution in [-0.4, -0.2) is 17.1 Å². The maximum atomic E-state index is 13.4. The van der Waals surface area contributed by atoms with Crippen LogP contribution < -0.4 is 0 Å². The minimum absolute atomic E-state index is 0.269. The molecule has 3 nitrogen and oxygen atoms in total. The monoisotopic (exact) mass is 335 g/mol. The predicted molar refractivity (Wildman–Crippen MR) is 86.0 cm³/mol. The summed E-state index contributed by atoms with van der Waals surface area (Å²) >= 11 is 1.58. The summed E-state index contributed by atoms with van der Waals surface area (Å²) in [4.78, 5) is 13.3. The molecule has 0 amide bonds.